The van der Waals surface area contributed by atoms with E-state index in [4.69, 9.17) is 11.6 Å². The fourth-order valence-corrected chi connectivity index (χ4v) is 2.64. The molecule has 0 bridgehead atoms. The van der Waals surface area contributed by atoms with Gasteiger partial charge in [0.25, 0.3) is 5.91 Å². The van der Waals surface area contributed by atoms with Crippen molar-refractivity contribution in [3.63, 3.8) is 0 Å². The number of nitrogens with zero attached hydrogens (tertiary/aromatic N) is 2. The summed E-state index contributed by atoms with van der Waals surface area (Å²) < 4.78 is 0. The van der Waals surface area contributed by atoms with Gasteiger partial charge < -0.3 is 16.0 Å². The molecular weight excluding hydrogens is 378 g/mol. The van der Waals surface area contributed by atoms with Crippen LogP contribution in [0.2, 0.25) is 5.02 Å². The lowest BCUT2D eigenvalue weighted by molar-refractivity contribution is -0.114. The van der Waals surface area contributed by atoms with E-state index in [1.165, 1.54) is 19.3 Å². The number of halogens is 1. The number of anilines is 4. The predicted molar refractivity (Wildman–Crippen MR) is 110 cm³/mol. The van der Waals surface area contributed by atoms with Gasteiger partial charge in [0.15, 0.2) is 0 Å². The summed E-state index contributed by atoms with van der Waals surface area (Å²) in [5.41, 5.74) is 2.97. The van der Waals surface area contributed by atoms with Crippen molar-refractivity contribution in [2.24, 2.45) is 0 Å². The molecule has 3 rings (SSSR count). The zero-order valence-corrected chi connectivity index (χ0v) is 16.0. The normalized spacial score (nSPS) is 10.2. The second kappa shape index (κ2) is 8.49. The van der Waals surface area contributed by atoms with Crippen molar-refractivity contribution in [2.45, 2.75) is 13.8 Å². The van der Waals surface area contributed by atoms with Gasteiger partial charge in [0.2, 0.25) is 5.91 Å². The van der Waals surface area contributed by atoms with Gasteiger partial charge in [-0.15, -0.1) is 0 Å². The Balaban J connectivity index is 1.69. The Morgan fingerprint density at radius 2 is 1.71 bits per heavy atom. The van der Waals surface area contributed by atoms with Crippen LogP contribution in [0.4, 0.5) is 22.9 Å². The SMILES string of the molecule is CC(=O)Nc1cccc(Nc2cnc(C(=O)Nc3cccc(Cl)c3C)cn2)c1. The second-order valence-electron chi connectivity index (χ2n) is 6.04. The van der Waals surface area contributed by atoms with Gasteiger partial charge in [0, 0.05) is 29.0 Å². The lowest BCUT2D eigenvalue weighted by atomic mass is 10.2. The topological polar surface area (TPSA) is 96.0 Å². The average molecular weight is 396 g/mol. The second-order valence-corrected chi connectivity index (χ2v) is 6.45. The molecule has 0 spiro atoms. The fraction of sp³-hybridized carbons (Fsp3) is 0.100. The zero-order chi connectivity index (χ0) is 20.1. The van der Waals surface area contributed by atoms with Crippen molar-refractivity contribution in [1.82, 2.24) is 9.97 Å². The first-order valence-electron chi connectivity index (χ1n) is 8.45. The van der Waals surface area contributed by atoms with E-state index < -0.39 is 0 Å². The molecule has 0 atom stereocenters. The Kier molecular flexibility index (Phi) is 5.86. The van der Waals surface area contributed by atoms with E-state index in [1.807, 2.05) is 13.0 Å². The Morgan fingerprint density at radius 1 is 0.964 bits per heavy atom. The largest absolute Gasteiger partial charge is 0.339 e. The maximum Gasteiger partial charge on any atom is 0.275 e. The molecule has 0 aliphatic rings. The van der Waals surface area contributed by atoms with Gasteiger partial charge in [0.05, 0.1) is 12.4 Å². The zero-order valence-electron chi connectivity index (χ0n) is 15.3. The van der Waals surface area contributed by atoms with E-state index in [0.29, 0.717) is 22.2 Å². The lowest BCUT2D eigenvalue weighted by Gasteiger charge is -2.10. The molecular formula is C20H18ClN5O2. The Hall–Kier alpha value is -3.45. The van der Waals surface area contributed by atoms with Crippen LogP contribution in [0.25, 0.3) is 0 Å². The van der Waals surface area contributed by atoms with Crippen molar-refractivity contribution < 1.29 is 9.59 Å². The first-order valence-corrected chi connectivity index (χ1v) is 8.83. The highest BCUT2D eigenvalue weighted by atomic mass is 35.5. The van der Waals surface area contributed by atoms with Crippen LogP contribution in [0.15, 0.2) is 54.9 Å². The molecule has 1 heterocycles. The van der Waals surface area contributed by atoms with Gasteiger partial charge in [-0.05, 0) is 42.8 Å². The van der Waals surface area contributed by atoms with E-state index in [-0.39, 0.29) is 17.5 Å². The number of nitrogens with one attached hydrogen (secondary N) is 3. The van der Waals surface area contributed by atoms with Gasteiger partial charge in [0.1, 0.15) is 11.5 Å². The number of carbonyl (C=O) groups excluding carboxylic acids is 2. The molecule has 0 aliphatic carbocycles. The number of hydrogen-bond donors (Lipinski definition) is 3. The van der Waals surface area contributed by atoms with Gasteiger partial charge >= 0.3 is 0 Å². The van der Waals surface area contributed by atoms with Crippen molar-refractivity contribution in [3.05, 3.63) is 71.1 Å². The molecule has 0 fully saturated rings. The minimum absolute atomic E-state index is 0.151. The molecule has 0 radical (unpaired) electrons. The van der Waals surface area contributed by atoms with Gasteiger partial charge in [-0.1, -0.05) is 23.7 Å². The third-order valence-electron chi connectivity index (χ3n) is 3.86. The quantitative estimate of drug-likeness (QED) is 0.595. The molecule has 2 aromatic carbocycles. The summed E-state index contributed by atoms with van der Waals surface area (Å²) in [6, 6.07) is 12.5. The molecule has 2 amide bonds. The molecule has 142 valence electrons. The minimum atomic E-state index is -0.378. The van der Waals surface area contributed by atoms with Gasteiger partial charge in [-0.3, -0.25) is 9.59 Å². The first kappa shape index (κ1) is 19.3. The highest BCUT2D eigenvalue weighted by Crippen LogP contribution is 2.23. The highest BCUT2D eigenvalue weighted by Gasteiger charge is 2.11. The van der Waals surface area contributed by atoms with E-state index in [9.17, 15) is 9.59 Å². The average Bonchev–Trinajstić information content (AvgIpc) is 2.66. The van der Waals surface area contributed by atoms with Crippen LogP contribution in [-0.4, -0.2) is 21.8 Å². The van der Waals surface area contributed by atoms with E-state index >= 15 is 0 Å². The third-order valence-corrected chi connectivity index (χ3v) is 4.27. The molecule has 0 unspecified atom stereocenters. The van der Waals surface area contributed by atoms with Crippen LogP contribution in [0.3, 0.4) is 0 Å². The van der Waals surface area contributed by atoms with Crippen LogP contribution in [0, 0.1) is 6.92 Å². The molecule has 8 heteroatoms. The molecule has 28 heavy (non-hydrogen) atoms. The summed E-state index contributed by atoms with van der Waals surface area (Å²) in [7, 11) is 0. The first-order chi connectivity index (χ1) is 13.4. The molecule has 0 saturated heterocycles. The number of amides is 2. The molecule has 0 saturated carbocycles. The Bertz CT molecular complexity index is 1020. The van der Waals surface area contributed by atoms with Crippen molar-refractivity contribution in [2.75, 3.05) is 16.0 Å². The lowest BCUT2D eigenvalue weighted by Crippen LogP contribution is -2.15. The van der Waals surface area contributed by atoms with Crippen LogP contribution in [0.1, 0.15) is 23.0 Å². The number of rotatable bonds is 5. The summed E-state index contributed by atoms with van der Waals surface area (Å²) in [6.45, 7) is 3.27. The highest BCUT2D eigenvalue weighted by molar-refractivity contribution is 6.31. The van der Waals surface area contributed by atoms with Crippen molar-refractivity contribution in [1.29, 1.82) is 0 Å². The number of aromatic nitrogens is 2. The summed E-state index contributed by atoms with van der Waals surface area (Å²) in [4.78, 5) is 31.9. The number of hydrogen-bond acceptors (Lipinski definition) is 5. The molecule has 0 aliphatic heterocycles. The summed E-state index contributed by atoms with van der Waals surface area (Å²) in [6.07, 6.45) is 2.85. The Labute approximate surface area is 167 Å². The molecule has 1 aromatic heterocycles. The Morgan fingerprint density at radius 3 is 2.43 bits per heavy atom. The number of benzene rings is 2. The van der Waals surface area contributed by atoms with E-state index in [2.05, 4.69) is 25.9 Å². The molecule has 3 aromatic rings. The van der Waals surface area contributed by atoms with Crippen LogP contribution in [-0.2, 0) is 4.79 Å². The third kappa shape index (κ3) is 4.83. The van der Waals surface area contributed by atoms with Crippen LogP contribution >= 0.6 is 11.6 Å². The number of carbonyl (C=O) groups is 2. The predicted octanol–water partition coefficient (Wildman–Crippen LogP) is 4.39. The monoisotopic (exact) mass is 395 g/mol. The van der Waals surface area contributed by atoms with Crippen LogP contribution in [0.5, 0.6) is 0 Å². The fourth-order valence-electron chi connectivity index (χ4n) is 2.46. The summed E-state index contributed by atoms with van der Waals surface area (Å²) in [5.74, 6) is -0.0604. The maximum atomic E-state index is 12.4. The summed E-state index contributed by atoms with van der Waals surface area (Å²) in [5, 5.41) is 9.13. The van der Waals surface area contributed by atoms with E-state index in [1.54, 1.807) is 36.4 Å². The van der Waals surface area contributed by atoms with Crippen molar-refractivity contribution >= 4 is 46.3 Å². The van der Waals surface area contributed by atoms with Gasteiger partial charge in [-0.2, -0.15) is 0 Å². The maximum absolute atomic E-state index is 12.4. The van der Waals surface area contributed by atoms with Gasteiger partial charge in [-0.25, -0.2) is 9.97 Å². The van der Waals surface area contributed by atoms with Crippen molar-refractivity contribution in [3.8, 4) is 0 Å². The minimum Gasteiger partial charge on any atom is -0.339 e. The van der Waals surface area contributed by atoms with Crippen LogP contribution < -0.4 is 16.0 Å². The molecule has 7 nitrogen and oxygen atoms in total. The standard InChI is InChI=1S/C20H18ClN5O2/c1-12-16(21)7-4-8-17(12)26-20(28)18-10-23-19(11-22-18)25-15-6-3-5-14(9-15)24-13(2)27/h3-11H,1-2H3,(H,23,25)(H,24,27)(H,26,28). The summed E-state index contributed by atoms with van der Waals surface area (Å²) >= 11 is 6.07. The smallest absolute Gasteiger partial charge is 0.275 e. The van der Waals surface area contributed by atoms with E-state index in [0.717, 1.165) is 11.3 Å². The molecule has 3 N–H and O–H groups in total.